The maximum absolute atomic E-state index is 8.15. The summed E-state index contributed by atoms with van der Waals surface area (Å²) in [6.45, 7) is -4.62. The lowest BCUT2D eigenvalue weighted by atomic mass is 9.90. The van der Waals surface area contributed by atoms with Crippen LogP contribution in [0.2, 0.25) is 0 Å². The molecule has 1 aliphatic carbocycles. The Balaban J connectivity index is 0.969. The van der Waals surface area contributed by atoms with Crippen LogP contribution in [-0.2, 0) is 6.42 Å². The summed E-state index contributed by atoms with van der Waals surface area (Å²) in [4.78, 5) is 0. The molecule has 12 aromatic rings. The van der Waals surface area contributed by atoms with Crippen LogP contribution in [0.5, 0.6) is 0 Å². The van der Waals surface area contributed by atoms with Gasteiger partial charge in [0, 0.05) is 41.9 Å². The van der Waals surface area contributed by atoms with Gasteiger partial charge in [-0.25, -0.2) is 0 Å². The summed E-state index contributed by atoms with van der Waals surface area (Å²) in [6, 6.07) is 63.4. The molecule has 0 unspecified atom stereocenters. The fourth-order valence-electron chi connectivity index (χ4n) is 10.4. The van der Waals surface area contributed by atoms with Gasteiger partial charge in [-0.2, -0.15) is 0 Å². The molecule has 0 fully saturated rings. The smallest absolute Gasteiger partial charge is 0.0542 e. The van der Waals surface area contributed by atoms with E-state index in [1.807, 2.05) is 12.1 Å². The van der Waals surface area contributed by atoms with E-state index in [1.54, 1.807) is 24.3 Å². The molecule has 13 rings (SSSR count). The molecule has 0 amide bonds. The zero-order valence-electron chi connectivity index (χ0n) is 37.9. The van der Waals surface area contributed by atoms with Gasteiger partial charge < -0.3 is 9.13 Å². The number of aryl methyl sites for hydroxylation is 2. The van der Waals surface area contributed by atoms with Crippen molar-refractivity contribution in [3.8, 4) is 33.6 Å². The monoisotopic (exact) mass is 756 g/mol. The first-order valence-electron chi connectivity index (χ1n) is 23.2. The maximum Gasteiger partial charge on any atom is 0.0542 e. The minimum absolute atomic E-state index is 0.214. The first-order valence-corrected chi connectivity index (χ1v) is 20.2. The number of aromatic nitrogens is 2. The number of rotatable bonds is 3. The Labute approximate surface area is 350 Å². The second-order valence-corrected chi connectivity index (χ2v) is 16.0. The molecule has 0 aliphatic heterocycles. The van der Waals surface area contributed by atoms with Gasteiger partial charge in [0.25, 0.3) is 0 Å². The van der Waals surface area contributed by atoms with Gasteiger partial charge >= 0.3 is 0 Å². The molecular formula is C57H38N2. The maximum atomic E-state index is 8.15. The third kappa shape index (κ3) is 4.57. The van der Waals surface area contributed by atoms with Crippen LogP contribution < -0.4 is 0 Å². The third-order valence-electron chi connectivity index (χ3n) is 12.9. The summed E-state index contributed by atoms with van der Waals surface area (Å²) in [6.07, 6.45) is 0.789. The number of nitrogens with zero attached hydrogens (tertiary/aromatic N) is 2. The van der Waals surface area contributed by atoms with Gasteiger partial charge in [0.1, 0.15) is 0 Å². The van der Waals surface area contributed by atoms with Crippen molar-refractivity contribution in [1.29, 1.82) is 0 Å². The summed E-state index contributed by atoms with van der Waals surface area (Å²) in [7, 11) is 0. The number of hydrogen-bond acceptors (Lipinski definition) is 0. The molecule has 0 N–H and O–H groups in total. The molecule has 0 bridgehead atoms. The van der Waals surface area contributed by atoms with Crippen molar-refractivity contribution in [1.82, 2.24) is 9.13 Å². The highest BCUT2D eigenvalue weighted by Crippen LogP contribution is 2.47. The molecule has 10 aromatic carbocycles. The molecular weight excluding hydrogens is 713 g/mol. The second kappa shape index (κ2) is 12.0. The predicted molar refractivity (Wildman–Crippen MR) is 251 cm³/mol. The fraction of sp³-hybridized carbons (Fsp3) is 0.0526. The minimum atomic E-state index is -2.31. The van der Waals surface area contributed by atoms with Crippen molar-refractivity contribution in [3.63, 3.8) is 0 Å². The van der Waals surface area contributed by atoms with Crippen LogP contribution >= 0.6 is 0 Å². The van der Waals surface area contributed by atoms with Crippen LogP contribution in [0.3, 0.4) is 0 Å². The number of fused-ring (bicyclic) bond motifs is 15. The molecule has 0 saturated heterocycles. The Morgan fingerprint density at radius 2 is 0.881 bits per heavy atom. The van der Waals surface area contributed by atoms with Gasteiger partial charge in [0.15, 0.2) is 0 Å². The van der Waals surface area contributed by atoms with Crippen molar-refractivity contribution in [2.75, 3.05) is 0 Å². The summed E-state index contributed by atoms with van der Waals surface area (Å²) in [5.41, 5.74) is 13.8. The molecule has 2 aromatic heterocycles. The average Bonchev–Trinajstić information content (AvgIpc) is 3.98. The van der Waals surface area contributed by atoms with E-state index in [4.69, 9.17) is 8.22 Å². The van der Waals surface area contributed by atoms with E-state index < -0.39 is 13.7 Å². The zero-order valence-corrected chi connectivity index (χ0v) is 31.9. The van der Waals surface area contributed by atoms with Crippen molar-refractivity contribution in [2.24, 2.45) is 0 Å². The van der Waals surface area contributed by atoms with Gasteiger partial charge in [-0.05, 0) is 140 Å². The van der Waals surface area contributed by atoms with Crippen molar-refractivity contribution in [3.05, 3.63) is 204 Å². The molecule has 59 heavy (non-hydrogen) atoms. The van der Waals surface area contributed by atoms with E-state index in [0.717, 1.165) is 50.6 Å². The van der Waals surface area contributed by atoms with Gasteiger partial charge in [-0.15, -0.1) is 0 Å². The highest BCUT2D eigenvalue weighted by molar-refractivity contribution is 6.26. The highest BCUT2D eigenvalue weighted by Gasteiger charge is 2.26. The summed E-state index contributed by atoms with van der Waals surface area (Å²) >= 11 is 0. The van der Waals surface area contributed by atoms with E-state index in [-0.39, 0.29) is 11.1 Å². The lowest BCUT2D eigenvalue weighted by Gasteiger charge is -2.14. The molecule has 0 saturated carbocycles. The van der Waals surface area contributed by atoms with Gasteiger partial charge in [-0.3, -0.25) is 0 Å². The minimum Gasteiger partial charge on any atom is -0.309 e. The number of para-hydroxylation sites is 1. The summed E-state index contributed by atoms with van der Waals surface area (Å²) in [5, 5.41) is 11.2. The number of benzene rings is 10. The summed E-state index contributed by atoms with van der Waals surface area (Å²) < 4.78 is 53.4. The van der Waals surface area contributed by atoms with E-state index in [9.17, 15) is 0 Å². The molecule has 1 aliphatic rings. The van der Waals surface area contributed by atoms with Gasteiger partial charge in [0.05, 0.1) is 27.8 Å². The van der Waals surface area contributed by atoms with Crippen molar-refractivity contribution < 1.29 is 8.22 Å². The normalized spacial score (nSPS) is 14.4. The van der Waals surface area contributed by atoms with Crippen LogP contribution in [0.15, 0.2) is 182 Å². The molecule has 2 heterocycles. The highest BCUT2D eigenvalue weighted by atomic mass is 15.0. The lowest BCUT2D eigenvalue weighted by Crippen LogP contribution is -1.99. The topological polar surface area (TPSA) is 9.86 Å². The Bertz CT molecular complexity index is 3910. The SMILES string of the molecule is [2H]C([2H])([2H])c1ccc2c(c1)c1cc(C([2H])([2H])[2H])ccc1n2-c1ccc2c(c1)c1ccccc1n2-c1cccc2c1Cc1c(-c3ccc4c5ccccc5c5ccccc5c4c3)cccc1-2. The molecule has 0 spiro atoms. The van der Waals surface area contributed by atoms with E-state index in [1.165, 1.54) is 65.7 Å². The van der Waals surface area contributed by atoms with Crippen LogP contribution in [0.4, 0.5) is 0 Å². The van der Waals surface area contributed by atoms with Crippen LogP contribution in [0.25, 0.3) is 110 Å². The Hall–Kier alpha value is -7.42. The average molecular weight is 757 g/mol. The largest absolute Gasteiger partial charge is 0.309 e. The predicted octanol–water partition coefficient (Wildman–Crippen LogP) is 15.2. The summed E-state index contributed by atoms with van der Waals surface area (Å²) in [5.74, 6) is 0. The van der Waals surface area contributed by atoms with Crippen LogP contribution in [0, 0.1) is 13.7 Å². The van der Waals surface area contributed by atoms with E-state index >= 15 is 0 Å². The second-order valence-electron chi connectivity index (χ2n) is 16.0. The molecule has 0 radical (unpaired) electrons. The Morgan fingerprint density at radius 3 is 1.58 bits per heavy atom. The Kier molecular flexibility index (Phi) is 5.57. The number of hydrogen-bond donors (Lipinski definition) is 0. The zero-order chi connectivity index (χ0) is 43.9. The molecule has 276 valence electrons. The first kappa shape index (κ1) is 27.3. The van der Waals surface area contributed by atoms with Crippen molar-refractivity contribution >= 4 is 75.9 Å². The Morgan fingerprint density at radius 1 is 0.356 bits per heavy atom. The third-order valence-corrected chi connectivity index (χ3v) is 12.9. The lowest BCUT2D eigenvalue weighted by molar-refractivity contribution is 1.12. The standard InChI is InChI=1S/C57H38N2/c1-34-21-26-55-49(29-34)50-30-35(2)22-27-56(50)58(55)37-24-28-57-51(32-37)46-15-7-8-19-53(46)59(57)54-20-10-18-44-43-17-9-16-38(48(43)33-52(44)54)36-23-25-45-41-13-4-3-11-39(41)40-12-5-6-14-42(40)47(45)31-36/h3-32H,33H2,1-2H3/i1D3,2D3. The molecule has 2 nitrogen and oxygen atoms in total. The van der Waals surface area contributed by atoms with E-state index in [0.29, 0.717) is 10.8 Å². The van der Waals surface area contributed by atoms with Gasteiger partial charge in [0.2, 0.25) is 0 Å². The quantitative estimate of drug-likeness (QED) is 0.159. The van der Waals surface area contributed by atoms with Crippen LogP contribution in [0.1, 0.15) is 30.5 Å². The van der Waals surface area contributed by atoms with E-state index in [2.05, 4.69) is 155 Å². The first-order chi connectivity index (χ1) is 31.5. The molecule has 0 atom stereocenters. The van der Waals surface area contributed by atoms with Gasteiger partial charge in [-0.1, -0.05) is 132 Å². The van der Waals surface area contributed by atoms with Crippen molar-refractivity contribution in [2.45, 2.75) is 20.1 Å². The fourth-order valence-corrected chi connectivity index (χ4v) is 10.4. The van der Waals surface area contributed by atoms with Crippen LogP contribution in [-0.4, -0.2) is 9.13 Å². The molecule has 2 heteroatoms.